The van der Waals surface area contributed by atoms with Crippen molar-refractivity contribution in [3.8, 4) is 23.3 Å². The van der Waals surface area contributed by atoms with Crippen LogP contribution >= 0.6 is 11.3 Å². The van der Waals surface area contributed by atoms with Gasteiger partial charge >= 0.3 is 0 Å². The summed E-state index contributed by atoms with van der Waals surface area (Å²) >= 11 is 1.32. The monoisotopic (exact) mass is 437 g/mol. The Bertz CT molecular complexity index is 1160. The fourth-order valence-electron chi connectivity index (χ4n) is 2.82. The number of methoxy groups -OCH3 is 1. The number of carbonyl (C=O) groups excluding carboxylic acids is 1. The maximum absolute atomic E-state index is 12.6. The number of fused-ring (bicyclic) bond motifs is 1. The Kier molecular flexibility index (Phi) is 7.11. The van der Waals surface area contributed by atoms with Gasteiger partial charge in [-0.15, -0.1) is 0 Å². The number of carbonyl (C=O) groups is 1. The summed E-state index contributed by atoms with van der Waals surface area (Å²) in [5, 5.41) is 12.6. The molecule has 31 heavy (non-hydrogen) atoms. The summed E-state index contributed by atoms with van der Waals surface area (Å²) in [6.07, 6.45) is 1.49. The molecule has 2 aromatic carbocycles. The molecule has 1 aromatic heterocycles. The summed E-state index contributed by atoms with van der Waals surface area (Å²) < 4.78 is 17.4. The van der Waals surface area contributed by atoms with Crippen molar-refractivity contribution < 1.29 is 19.0 Å². The van der Waals surface area contributed by atoms with Gasteiger partial charge in [-0.05, 0) is 62.7 Å². The number of hydrogen-bond acceptors (Lipinski definition) is 7. The summed E-state index contributed by atoms with van der Waals surface area (Å²) in [5.74, 6) is 1.33. The number of nitrogens with zero attached hydrogens (tertiary/aromatic N) is 2. The van der Waals surface area contributed by atoms with Crippen molar-refractivity contribution in [1.82, 2.24) is 4.98 Å². The van der Waals surface area contributed by atoms with Crippen molar-refractivity contribution >= 4 is 38.7 Å². The van der Waals surface area contributed by atoms with Gasteiger partial charge in [0.2, 0.25) is 0 Å². The zero-order valence-electron chi connectivity index (χ0n) is 17.8. The van der Waals surface area contributed by atoms with Gasteiger partial charge in [0.1, 0.15) is 17.4 Å². The van der Waals surface area contributed by atoms with E-state index in [9.17, 15) is 10.1 Å². The van der Waals surface area contributed by atoms with Crippen molar-refractivity contribution in [2.45, 2.75) is 26.9 Å². The average molecular weight is 438 g/mol. The van der Waals surface area contributed by atoms with E-state index in [2.05, 4.69) is 10.3 Å². The van der Waals surface area contributed by atoms with E-state index in [0.29, 0.717) is 28.8 Å². The lowest BCUT2D eigenvalue weighted by atomic mass is 10.1. The Labute approximate surface area is 184 Å². The molecule has 0 saturated carbocycles. The van der Waals surface area contributed by atoms with Gasteiger partial charge in [-0.2, -0.15) is 5.26 Å². The molecule has 1 heterocycles. The largest absolute Gasteiger partial charge is 0.494 e. The number of benzene rings is 2. The van der Waals surface area contributed by atoms with Crippen LogP contribution in [0.4, 0.5) is 5.13 Å². The molecule has 160 valence electrons. The number of hydrogen-bond donors (Lipinski definition) is 1. The molecular weight excluding hydrogens is 414 g/mol. The molecule has 0 aliphatic heterocycles. The zero-order chi connectivity index (χ0) is 22.4. The quantitative estimate of drug-likeness (QED) is 0.392. The van der Waals surface area contributed by atoms with Crippen LogP contribution in [-0.4, -0.2) is 30.7 Å². The Morgan fingerprint density at radius 1 is 1.26 bits per heavy atom. The number of anilines is 1. The van der Waals surface area contributed by atoms with E-state index in [1.54, 1.807) is 18.2 Å². The van der Waals surface area contributed by atoms with Crippen LogP contribution in [-0.2, 0) is 4.79 Å². The van der Waals surface area contributed by atoms with E-state index >= 15 is 0 Å². The summed E-state index contributed by atoms with van der Waals surface area (Å²) in [7, 11) is 1.54. The van der Waals surface area contributed by atoms with Gasteiger partial charge in [-0.3, -0.25) is 10.1 Å². The Morgan fingerprint density at radius 3 is 2.74 bits per heavy atom. The van der Waals surface area contributed by atoms with Crippen LogP contribution in [0.5, 0.6) is 17.2 Å². The molecule has 0 fully saturated rings. The van der Waals surface area contributed by atoms with E-state index in [1.807, 2.05) is 45.0 Å². The molecule has 0 aliphatic carbocycles. The number of amides is 1. The SMILES string of the molecule is CCOc1ccc2nc(NC(=O)C(C#N)=Cc3ccc(OC(C)C)c(OC)c3)sc2c1. The first kappa shape index (κ1) is 22.1. The highest BCUT2D eigenvalue weighted by Crippen LogP contribution is 2.31. The zero-order valence-corrected chi connectivity index (χ0v) is 18.6. The normalized spacial score (nSPS) is 11.3. The smallest absolute Gasteiger partial charge is 0.268 e. The molecule has 0 aliphatic rings. The third-order valence-electron chi connectivity index (χ3n) is 4.12. The van der Waals surface area contributed by atoms with E-state index in [0.717, 1.165) is 16.0 Å². The lowest BCUT2D eigenvalue weighted by Crippen LogP contribution is -2.13. The predicted molar refractivity (Wildman–Crippen MR) is 122 cm³/mol. The second kappa shape index (κ2) is 9.96. The van der Waals surface area contributed by atoms with Gasteiger partial charge in [-0.1, -0.05) is 17.4 Å². The second-order valence-corrected chi connectivity index (χ2v) is 7.81. The number of thiazole rings is 1. The van der Waals surface area contributed by atoms with Crippen molar-refractivity contribution in [3.63, 3.8) is 0 Å². The fourth-order valence-corrected chi connectivity index (χ4v) is 3.71. The van der Waals surface area contributed by atoms with Crippen molar-refractivity contribution in [3.05, 3.63) is 47.5 Å². The first-order chi connectivity index (χ1) is 14.9. The van der Waals surface area contributed by atoms with Crippen molar-refractivity contribution in [2.24, 2.45) is 0 Å². The molecule has 0 radical (unpaired) electrons. The first-order valence-corrected chi connectivity index (χ1v) is 10.6. The molecular formula is C23H23N3O4S. The predicted octanol–water partition coefficient (Wildman–Crippen LogP) is 5.04. The van der Waals surface area contributed by atoms with Crippen LogP contribution in [0, 0.1) is 11.3 Å². The maximum atomic E-state index is 12.6. The van der Waals surface area contributed by atoms with E-state index in [4.69, 9.17) is 14.2 Å². The van der Waals surface area contributed by atoms with Crippen molar-refractivity contribution in [1.29, 1.82) is 5.26 Å². The molecule has 0 atom stereocenters. The fraction of sp³-hybridized carbons (Fsp3) is 0.261. The number of rotatable bonds is 8. The number of nitrogens with one attached hydrogen (secondary N) is 1. The van der Waals surface area contributed by atoms with E-state index in [-0.39, 0.29) is 11.7 Å². The molecule has 7 nitrogen and oxygen atoms in total. The average Bonchev–Trinajstić information content (AvgIpc) is 3.14. The summed E-state index contributed by atoms with van der Waals surface area (Å²) in [6.45, 7) is 6.33. The minimum atomic E-state index is -0.534. The van der Waals surface area contributed by atoms with Crippen LogP contribution < -0.4 is 19.5 Å². The molecule has 8 heteroatoms. The van der Waals surface area contributed by atoms with Gasteiger partial charge in [0.05, 0.1) is 30.0 Å². The van der Waals surface area contributed by atoms with Gasteiger partial charge in [0.15, 0.2) is 16.6 Å². The number of aromatic nitrogens is 1. The number of ether oxygens (including phenoxy) is 3. The first-order valence-electron chi connectivity index (χ1n) is 9.74. The van der Waals surface area contributed by atoms with Crippen LogP contribution in [0.25, 0.3) is 16.3 Å². The van der Waals surface area contributed by atoms with Crippen LogP contribution in [0.3, 0.4) is 0 Å². The highest BCUT2D eigenvalue weighted by molar-refractivity contribution is 7.22. The van der Waals surface area contributed by atoms with Crippen molar-refractivity contribution in [2.75, 3.05) is 19.0 Å². The van der Waals surface area contributed by atoms with Gasteiger partial charge in [0.25, 0.3) is 5.91 Å². The Morgan fingerprint density at radius 2 is 2.06 bits per heavy atom. The Hall–Kier alpha value is -3.57. The maximum Gasteiger partial charge on any atom is 0.268 e. The summed E-state index contributed by atoms with van der Waals surface area (Å²) in [5.41, 5.74) is 1.34. The lowest BCUT2D eigenvalue weighted by Gasteiger charge is -2.13. The molecule has 0 bridgehead atoms. The molecule has 3 aromatic rings. The molecule has 3 rings (SSSR count). The van der Waals surface area contributed by atoms with Crippen LogP contribution in [0.15, 0.2) is 42.0 Å². The topological polar surface area (TPSA) is 93.5 Å². The standard InChI is InChI=1S/C23H23N3O4S/c1-5-29-17-7-8-18-21(12-17)31-23(25-18)26-22(27)16(13-24)10-15-6-9-19(30-14(2)3)20(11-15)28-4/h6-12,14H,5H2,1-4H3,(H,25,26,27). The summed E-state index contributed by atoms with van der Waals surface area (Å²) in [4.78, 5) is 17.0. The van der Waals surface area contributed by atoms with Crippen LogP contribution in [0.1, 0.15) is 26.3 Å². The van der Waals surface area contributed by atoms with Gasteiger partial charge in [-0.25, -0.2) is 4.98 Å². The second-order valence-electron chi connectivity index (χ2n) is 6.78. The van der Waals surface area contributed by atoms with E-state index in [1.165, 1.54) is 24.5 Å². The highest BCUT2D eigenvalue weighted by Gasteiger charge is 2.14. The van der Waals surface area contributed by atoms with Gasteiger partial charge < -0.3 is 14.2 Å². The Balaban J connectivity index is 1.80. The molecule has 1 amide bonds. The highest BCUT2D eigenvalue weighted by atomic mass is 32.1. The third-order valence-corrected chi connectivity index (χ3v) is 5.05. The molecule has 1 N–H and O–H groups in total. The molecule has 0 spiro atoms. The van der Waals surface area contributed by atoms with Gasteiger partial charge in [0, 0.05) is 0 Å². The van der Waals surface area contributed by atoms with E-state index < -0.39 is 5.91 Å². The lowest BCUT2D eigenvalue weighted by molar-refractivity contribution is -0.112. The third kappa shape index (κ3) is 5.53. The molecule has 0 saturated heterocycles. The molecule has 0 unspecified atom stereocenters. The minimum Gasteiger partial charge on any atom is -0.494 e. The summed E-state index contributed by atoms with van der Waals surface area (Å²) in [6, 6.07) is 12.7. The minimum absolute atomic E-state index is 0.00540. The number of nitriles is 1. The van der Waals surface area contributed by atoms with Crippen LogP contribution in [0.2, 0.25) is 0 Å².